The summed E-state index contributed by atoms with van der Waals surface area (Å²) >= 11 is 0. The van der Waals surface area contributed by atoms with Crippen LogP contribution in [0.4, 0.5) is 4.79 Å². The minimum atomic E-state index is -1.21. The summed E-state index contributed by atoms with van der Waals surface area (Å²) in [5.41, 5.74) is 4.57. The molecule has 0 aromatic rings. The van der Waals surface area contributed by atoms with Gasteiger partial charge in [-0.3, -0.25) is 4.79 Å². The number of carboxylic acid groups (broad SMARTS) is 2. The number of ether oxygens (including phenoxy) is 1. The molecule has 6 heteroatoms. The summed E-state index contributed by atoms with van der Waals surface area (Å²) in [4.78, 5) is 18.6. The van der Waals surface area contributed by atoms with Crippen LogP contribution in [0.1, 0.15) is 6.92 Å². The monoisotopic (exact) mass is 165 g/mol. The summed E-state index contributed by atoms with van der Waals surface area (Å²) in [5, 5.41) is 15.3. The van der Waals surface area contributed by atoms with Crippen LogP contribution < -0.4 is 5.73 Å². The summed E-state index contributed by atoms with van der Waals surface area (Å²) in [6, 6.07) is 0. The van der Waals surface area contributed by atoms with Crippen LogP contribution in [0.25, 0.3) is 0 Å². The first-order chi connectivity index (χ1) is 5.04. The fourth-order valence-corrected chi connectivity index (χ4v) is 0.123. The van der Waals surface area contributed by atoms with Crippen LogP contribution in [0.3, 0.4) is 0 Å². The molecule has 0 atom stereocenters. The Hall–Kier alpha value is -1.30. The van der Waals surface area contributed by atoms with Gasteiger partial charge < -0.3 is 20.7 Å². The van der Waals surface area contributed by atoms with Gasteiger partial charge >= 0.3 is 12.1 Å². The zero-order chi connectivity index (χ0) is 9.28. The average molecular weight is 165 g/mol. The van der Waals surface area contributed by atoms with E-state index in [4.69, 9.17) is 10.2 Å². The van der Waals surface area contributed by atoms with Gasteiger partial charge in [-0.25, -0.2) is 4.79 Å². The predicted octanol–water partition coefficient (Wildman–Crippen LogP) is -0.269. The van der Waals surface area contributed by atoms with E-state index in [1.54, 1.807) is 6.92 Å². The summed E-state index contributed by atoms with van der Waals surface area (Å²) < 4.78 is 3.96. The smallest absolute Gasteiger partial charge is 0.480 e. The highest BCUT2D eigenvalue weighted by atomic mass is 16.7. The standard InChI is InChI=1S/C3H6O3.C2H5NO2/c1-2-6-3(4)5;3-1-2(4)5/h2H2,1H3,(H,4,5);1,3H2,(H,4,5). The molecule has 0 spiro atoms. The van der Waals surface area contributed by atoms with Crippen molar-refractivity contribution in [2.45, 2.75) is 6.92 Å². The van der Waals surface area contributed by atoms with Gasteiger partial charge in [-0.1, -0.05) is 0 Å². The highest BCUT2D eigenvalue weighted by Gasteiger charge is 1.86. The van der Waals surface area contributed by atoms with Crippen molar-refractivity contribution in [3.05, 3.63) is 0 Å². The van der Waals surface area contributed by atoms with E-state index >= 15 is 0 Å². The first kappa shape index (κ1) is 12.4. The van der Waals surface area contributed by atoms with Crippen LogP contribution in [0, 0.1) is 0 Å². The van der Waals surface area contributed by atoms with E-state index in [1.807, 2.05) is 0 Å². The van der Waals surface area contributed by atoms with Gasteiger partial charge in [0.15, 0.2) is 0 Å². The molecule has 0 amide bonds. The van der Waals surface area contributed by atoms with Gasteiger partial charge in [0.1, 0.15) is 0 Å². The lowest BCUT2D eigenvalue weighted by atomic mass is 10.7. The molecule has 4 N–H and O–H groups in total. The first-order valence-corrected chi connectivity index (χ1v) is 2.82. The topological polar surface area (TPSA) is 110 Å². The molecule has 0 saturated heterocycles. The number of nitrogens with two attached hydrogens (primary N) is 1. The molecular formula is C5H11NO5. The third-order valence-corrected chi connectivity index (χ3v) is 0.442. The Kier molecular flexibility index (Phi) is 9.79. The van der Waals surface area contributed by atoms with Gasteiger partial charge in [-0.15, -0.1) is 0 Å². The number of carbonyl (C=O) groups is 2. The van der Waals surface area contributed by atoms with E-state index in [9.17, 15) is 9.59 Å². The lowest BCUT2D eigenvalue weighted by Gasteiger charge is -1.87. The Morgan fingerprint density at radius 3 is 1.82 bits per heavy atom. The minimum absolute atomic E-state index is 0.231. The zero-order valence-corrected chi connectivity index (χ0v) is 6.11. The largest absolute Gasteiger partial charge is 0.505 e. The molecule has 0 heterocycles. The molecule has 0 rings (SSSR count). The minimum Gasteiger partial charge on any atom is -0.480 e. The molecular weight excluding hydrogens is 154 g/mol. The van der Waals surface area contributed by atoms with E-state index < -0.39 is 12.1 Å². The molecule has 6 nitrogen and oxygen atoms in total. The number of carboxylic acids is 1. The molecule has 11 heavy (non-hydrogen) atoms. The second-order valence-electron chi connectivity index (χ2n) is 1.30. The maximum atomic E-state index is 9.38. The van der Waals surface area contributed by atoms with E-state index in [0.29, 0.717) is 0 Å². The average Bonchev–Trinajstić information content (AvgIpc) is 1.89. The Morgan fingerprint density at radius 1 is 1.45 bits per heavy atom. The van der Waals surface area contributed by atoms with E-state index in [1.165, 1.54) is 0 Å². The van der Waals surface area contributed by atoms with Crippen molar-refractivity contribution in [2.24, 2.45) is 5.73 Å². The van der Waals surface area contributed by atoms with Gasteiger partial charge in [0.25, 0.3) is 0 Å². The lowest BCUT2D eigenvalue weighted by molar-refractivity contribution is -0.135. The second-order valence-corrected chi connectivity index (χ2v) is 1.30. The maximum Gasteiger partial charge on any atom is 0.505 e. The normalized spacial score (nSPS) is 7.45. The molecule has 0 radical (unpaired) electrons. The Balaban J connectivity index is 0. The molecule has 0 aliphatic heterocycles. The van der Waals surface area contributed by atoms with Crippen molar-refractivity contribution in [1.82, 2.24) is 0 Å². The Labute approximate surface area is 63.6 Å². The SMILES string of the molecule is CCOC(=O)O.NCC(=O)O. The first-order valence-electron chi connectivity index (χ1n) is 2.82. The van der Waals surface area contributed by atoms with Crippen molar-refractivity contribution >= 4 is 12.1 Å². The van der Waals surface area contributed by atoms with E-state index in [-0.39, 0.29) is 13.2 Å². The van der Waals surface area contributed by atoms with Crippen molar-refractivity contribution in [3.63, 3.8) is 0 Å². The molecule has 0 bridgehead atoms. The molecule has 0 fully saturated rings. The van der Waals surface area contributed by atoms with Crippen molar-refractivity contribution in [3.8, 4) is 0 Å². The van der Waals surface area contributed by atoms with Crippen LogP contribution in [-0.2, 0) is 9.53 Å². The summed E-state index contributed by atoms with van der Waals surface area (Å²) in [5.74, 6) is -0.968. The molecule has 66 valence electrons. The molecule has 0 aromatic carbocycles. The Morgan fingerprint density at radius 2 is 1.82 bits per heavy atom. The zero-order valence-electron chi connectivity index (χ0n) is 6.11. The highest BCUT2D eigenvalue weighted by Crippen LogP contribution is 1.69. The fourth-order valence-electron chi connectivity index (χ4n) is 0.123. The molecule has 0 saturated carbocycles. The third kappa shape index (κ3) is 28.5. The number of hydrogen-bond donors (Lipinski definition) is 3. The fraction of sp³-hybridized carbons (Fsp3) is 0.600. The van der Waals surface area contributed by atoms with Crippen LogP contribution >= 0.6 is 0 Å². The maximum absolute atomic E-state index is 9.38. The predicted molar refractivity (Wildman–Crippen MR) is 36.3 cm³/mol. The molecule has 0 aromatic heterocycles. The Bertz CT molecular complexity index is 124. The van der Waals surface area contributed by atoms with Crippen LogP contribution in [0.15, 0.2) is 0 Å². The lowest BCUT2D eigenvalue weighted by Crippen LogP contribution is -2.10. The van der Waals surface area contributed by atoms with Crippen LogP contribution in [-0.4, -0.2) is 35.5 Å². The summed E-state index contributed by atoms with van der Waals surface area (Å²) in [6.45, 7) is 1.57. The van der Waals surface area contributed by atoms with Crippen LogP contribution in [0.5, 0.6) is 0 Å². The molecule has 0 unspecified atom stereocenters. The summed E-state index contributed by atoms with van der Waals surface area (Å²) in [7, 11) is 0. The molecule has 0 aliphatic carbocycles. The number of rotatable bonds is 2. The number of hydrogen-bond acceptors (Lipinski definition) is 4. The second kappa shape index (κ2) is 8.70. The number of aliphatic carboxylic acids is 1. The van der Waals surface area contributed by atoms with E-state index in [0.717, 1.165) is 0 Å². The van der Waals surface area contributed by atoms with Crippen molar-refractivity contribution in [2.75, 3.05) is 13.2 Å². The quantitative estimate of drug-likeness (QED) is 0.486. The highest BCUT2D eigenvalue weighted by molar-refractivity contribution is 5.68. The molecule has 0 aliphatic rings. The van der Waals surface area contributed by atoms with Gasteiger partial charge in [-0.2, -0.15) is 0 Å². The van der Waals surface area contributed by atoms with Crippen molar-refractivity contribution in [1.29, 1.82) is 0 Å². The van der Waals surface area contributed by atoms with Gasteiger partial charge in [0.2, 0.25) is 0 Å². The van der Waals surface area contributed by atoms with E-state index in [2.05, 4.69) is 10.5 Å². The van der Waals surface area contributed by atoms with Gasteiger partial charge in [0.05, 0.1) is 13.2 Å². The van der Waals surface area contributed by atoms with Gasteiger partial charge in [0, 0.05) is 0 Å². The summed E-state index contributed by atoms with van der Waals surface area (Å²) in [6.07, 6.45) is -1.21. The third-order valence-electron chi connectivity index (χ3n) is 0.442. The van der Waals surface area contributed by atoms with Gasteiger partial charge in [-0.05, 0) is 6.92 Å². The van der Waals surface area contributed by atoms with Crippen LogP contribution in [0.2, 0.25) is 0 Å². The van der Waals surface area contributed by atoms with Crippen molar-refractivity contribution < 1.29 is 24.5 Å².